The van der Waals surface area contributed by atoms with Crippen molar-refractivity contribution >= 4 is 12.1 Å². The zero-order chi connectivity index (χ0) is 17.3. The molecule has 0 heterocycles. The van der Waals surface area contributed by atoms with E-state index in [4.69, 9.17) is 5.11 Å². The van der Waals surface area contributed by atoms with Crippen LogP contribution in [0.3, 0.4) is 0 Å². The highest BCUT2D eigenvalue weighted by atomic mass is 16.8. The van der Waals surface area contributed by atoms with Crippen LogP contribution in [-0.4, -0.2) is 53.2 Å². The van der Waals surface area contributed by atoms with Gasteiger partial charge in [-0.05, 0) is 19.8 Å². The first kappa shape index (κ1) is 19.7. The Morgan fingerprint density at radius 2 is 1.95 bits per heavy atom. The molecular weight excluding hydrogens is 298 g/mol. The van der Waals surface area contributed by atoms with E-state index in [0.717, 1.165) is 5.01 Å². The van der Waals surface area contributed by atoms with Crippen LogP contribution in [0.1, 0.15) is 34.1 Å². The van der Waals surface area contributed by atoms with Gasteiger partial charge in [-0.1, -0.05) is 20.3 Å². The summed E-state index contributed by atoms with van der Waals surface area (Å²) in [5.41, 5.74) is 0. The van der Waals surface area contributed by atoms with Gasteiger partial charge in [0.2, 0.25) is 5.28 Å². The second-order valence-corrected chi connectivity index (χ2v) is 4.88. The van der Waals surface area contributed by atoms with Crippen LogP contribution < -0.4 is 0 Å². The van der Waals surface area contributed by atoms with Crippen molar-refractivity contribution in [3.63, 3.8) is 0 Å². The smallest absolute Gasteiger partial charge is 0.511 e. The van der Waals surface area contributed by atoms with Gasteiger partial charge in [0, 0.05) is 0 Å². The lowest BCUT2D eigenvalue weighted by Gasteiger charge is -2.24. The molecular formula is C12H23N3O7. The Balaban J connectivity index is 4.45. The van der Waals surface area contributed by atoms with Gasteiger partial charge in [-0.25, -0.2) is 9.59 Å². The Labute approximate surface area is 128 Å². The Morgan fingerprint density at radius 3 is 2.41 bits per heavy atom. The average Bonchev–Trinajstić information content (AvgIpc) is 2.41. The molecule has 22 heavy (non-hydrogen) atoms. The predicted octanol–water partition coefficient (Wildman–Crippen LogP) is 1.75. The molecule has 0 aromatic carbocycles. The normalized spacial score (nSPS) is 14.2. The number of hydrogen-bond acceptors (Lipinski definition) is 7. The summed E-state index contributed by atoms with van der Waals surface area (Å²) < 4.78 is 9.14. The van der Waals surface area contributed by atoms with Crippen molar-refractivity contribution in [3.8, 4) is 0 Å². The molecule has 0 amide bonds. The van der Waals surface area contributed by atoms with Gasteiger partial charge in [0.25, 0.3) is 6.79 Å². The molecule has 2 atom stereocenters. The van der Waals surface area contributed by atoms with Gasteiger partial charge < -0.3 is 24.6 Å². The summed E-state index contributed by atoms with van der Waals surface area (Å²) in [5, 5.41) is 24.8. The van der Waals surface area contributed by atoms with Crippen molar-refractivity contribution in [1.82, 2.24) is 5.01 Å². The number of rotatable bonds is 9. The number of aliphatic carboxylic acids is 1. The molecule has 0 aromatic heterocycles. The topological polar surface area (TPSA) is 124 Å². The number of hydrogen-bond donors (Lipinski definition) is 1. The third-order valence-corrected chi connectivity index (χ3v) is 2.80. The molecule has 0 aliphatic rings. The lowest BCUT2D eigenvalue weighted by atomic mass is 9.99. The van der Waals surface area contributed by atoms with Crippen LogP contribution in [0.5, 0.6) is 0 Å². The molecule has 0 bridgehead atoms. The predicted molar refractivity (Wildman–Crippen MR) is 73.4 cm³/mol. The second kappa shape index (κ2) is 9.64. The third-order valence-electron chi connectivity index (χ3n) is 2.80. The van der Waals surface area contributed by atoms with Crippen molar-refractivity contribution < 1.29 is 34.0 Å². The SMILES string of the molecule is CC[C@@H](C)[C@@H](C(=O)O)N(C)/[N+]([O-])=N/OCOC(=O)OC(C)C. The van der Waals surface area contributed by atoms with Crippen LogP contribution in [-0.2, 0) is 19.1 Å². The summed E-state index contributed by atoms with van der Waals surface area (Å²) >= 11 is 0. The highest BCUT2D eigenvalue weighted by Crippen LogP contribution is 2.14. The quantitative estimate of drug-likeness (QED) is 0.170. The molecule has 10 heteroatoms. The van der Waals surface area contributed by atoms with Gasteiger partial charge in [0.1, 0.15) is 0 Å². The molecule has 0 saturated heterocycles. The summed E-state index contributed by atoms with van der Waals surface area (Å²) in [5.74, 6) is -1.42. The minimum absolute atomic E-state index is 0.0118. The molecule has 0 rings (SSSR count). The monoisotopic (exact) mass is 321 g/mol. The molecule has 10 nitrogen and oxygen atoms in total. The number of hydrazine groups is 1. The number of carbonyl (C=O) groups excluding carboxylic acids is 1. The van der Waals surface area contributed by atoms with Crippen LogP contribution >= 0.6 is 0 Å². The van der Waals surface area contributed by atoms with Crippen molar-refractivity contribution in [3.05, 3.63) is 5.21 Å². The first-order chi connectivity index (χ1) is 10.2. The van der Waals surface area contributed by atoms with Gasteiger partial charge in [-0.15, -0.1) is 5.01 Å². The molecule has 0 aliphatic heterocycles. The molecule has 1 N–H and O–H groups in total. The molecule has 0 aliphatic carbocycles. The van der Waals surface area contributed by atoms with Gasteiger partial charge >= 0.3 is 12.1 Å². The van der Waals surface area contributed by atoms with Gasteiger partial charge in [-0.2, -0.15) is 0 Å². The standard InChI is InChI=1S/C12H23N3O7/c1-6-9(4)10(11(16)17)14(5)15(19)13-21-7-20-12(18)22-8(2)3/h8-10H,6-7H2,1-5H3,(H,16,17)/b15-13-/t9-,10+/m1/s1. The average molecular weight is 321 g/mol. The fourth-order valence-electron chi connectivity index (χ4n) is 1.53. The number of carboxylic acid groups (broad SMARTS) is 1. The number of carboxylic acids is 1. The van der Waals surface area contributed by atoms with Crippen molar-refractivity contribution in [2.45, 2.75) is 46.3 Å². The van der Waals surface area contributed by atoms with Crippen LogP contribution in [0.25, 0.3) is 0 Å². The Morgan fingerprint density at radius 1 is 1.36 bits per heavy atom. The molecule has 0 radical (unpaired) electrons. The Kier molecular flexibility index (Phi) is 8.65. The Bertz CT molecular complexity index is 400. The Hall–Kier alpha value is -2.26. The maximum absolute atomic E-state index is 11.6. The number of nitrogens with zero attached hydrogens (tertiary/aromatic N) is 3. The van der Waals surface area contributed by atoms with Gasteiger partial charge in [-0.3, -0.25) is 0 Å². The first-order valence-electron chi connectivity index (χ1n) is 6.79. The van der Waals surface area contributed by atoms with E-state index in [2.05, 4.69) is 19.6 Å². The van der Waals surface area contributed by atoms with E-state index in [-0.39, 0.29) is 17.0 Å². The summed E-state index contributed by atoms with van der Waals surface area (Å²) in [4.78, 5) is 26.7. The lowest BCUT2D eigenvalue weighted by Crippen LogP contribution is -2.46. The lowest BCUT2D eigenvalue weighted by molar-refractivity contribution is -0.712. The van der Waals surface area contributed by atoms with E-state index in [0.29, 0.717) is 6.42 Å². The first-order valence-corrected chi connectivity index (χ1v) is 6.79. The third kappa shape index (κ3) is 6.95. The molecule has 0 aromatic rings. The molecule has 0 saturated carbocycles. The highest BCUT2D eigenvalue weighted by Gasteiger charge is 2.33. The fourth-order valence-corrected chi connectivity index (χ4v) is 1.53. The van der Waals surface area contributed by atoms with Crippen molar-refractivity contribution in [2.24, 2.45) is 11.2 Å². The summed E-state index contributed by atoms with van der Waals surface area (Å²) in [6.45, 7) is 6.17. The van der Waals surface area contributed by atoms with Crippen LogP contribution in [0.4, 0.5) is 4.79 Å². The summed E-state index contributed by atoms with van der Waals surface area (Å²) in [7, 11) is 1.28. The van der Waals surface area contributed by atoms with E-state index >= 15 is 0 Å². The van der Waals surface area contributed by atoms with Gasteiger partial charge in [0.05, 0.1) is 18.1 Å². The maximum Gasteiger partial charge on any atom is 0.511 e. The largest absolute Gasteiger partial charge is 0.569 e. The molecule has 0 spiro atoms. The van der Waals surface area contributed by atoms with Crippen LogP contribution in [0.15, 0.2) is 5.28 Å². The maximum atomic E-state index is 11.6. The summed E-state index contributed by atoms with van der Waals surface area (Å²) in [6, 6.07) is -1.05. The van der Waals surface area contributed by atoms with Crippen LogP contribution in [0.2, 0.25) is 0 Å². The van der Waals surface area contributed by atoms with Gasteiger partial charge in [0.15, 0.2) is 6.04 Å². The minimum atomic E-state index is -1.15. The highest BCUT2D eigenvalue weighted by molar-refractivity contribution is 5.73. The number of ether oxygens (including phenoxy) is 2. The van der Waals surface area contributed by atoms with Crippen LogP contribution in [0, 0.1) is 11.1 Å². The second-order valence-electron chi connectivity index (χ2n) is 4.88. The van der Waals surface area contributed by atoms with E-state index in [1.165, 1.54) is 7.05 Å². The molecule has 128 valence electrons. The van der Waals surface area contributed by atoms with E-state index in [1.807, 2.05) is 6.92 Å². The zero-order valence-corrected chi connectivity index (χ0v) is 13.4. The van der Waals surface area contributed by atoms with E-state index in [9.17, 15) is 14.8 Å². The minimum Gasteiger partial charge on any atom is -0.569 e. The van der Waals surface area contributed by atoms with Crippen molar-refractivity contribution in [2.75, 3.05) is 13.8 Å². The number of carbonyl (C=O) groups is 2. The molecule has 0 unspecified atom stereocenters. The zero-order valence-electron chi connectivity index (χ0n) is 13.4. The summed E-state index contributed by atoms with van der Waals surface area (Å²) in [6.07, 6.45) is -0.738. The fraction of sp³-hybridized carbons (Fsp3) is 0.833. The van der Waals surface area contributed by atoms with Crippen molar-refractivity contribution in [1.29, 1.82) is 0 Å². The molecule has 0 fully saturated rings. The van der Waals surface area contributed by atoms with E-state index < -0.39 is 25.0 Å². The van der Waals surface area contributed by atoms with E-state index in [1.54, 1.807) is 20.8 Å². The number of likely N-dealkylation sites (N-methyl/N-ethyl adjacent to an activating group) is 1.